The summed E-state index contributed by atoms with van der Waals surface area (Å²) in [6.07, 6.45) is 5.41. The first-order chi connectivity index (χ1) is 11.8. The molecule has 4 aromatic rings. The van der Waals surface area contributed by atoms with Crippen LogP contribution in [0.2, 0.25) is 0 Å². The largest absolute Gasteiger partial charge is 0.345 e. The number of hydrogen-bond acceptors (Lipinski definition) is 3. The summed E-state index contributed by atoms with van der Waals surface area (Å²) in [7, 11) is 1.98. The van der Waals surface area contributed by atoms with Crippen LogP contribution in [0.3, 0.4) is 0 Å². The molecule has 1 unspecified atom stereocenters. The van der Waals surface area contributed by atoms with Gasteiger partial charge in [-0.1, -0.05) is 30.3 Å². The molecule has 0 fully saturated rings. The number of fused-ring (bicyclic) bond motifs is 1. The first kappa shape index (κ1) is 14.6. The van der Waals surface area contributed by atoms with Crippen molar-refractivity contribution in [2.75, 3.05) is 7.05 Å². The SMILES string of the molecule is CNC(c1cccc(-c2cccnc2)c1)c1ccc2[nH]cnc2c1. The van der Waals surface area contributed by atoms with Crippen LogP contribution >= 0.6 is 0 Å². The van der Waals surface area contributed by atoms with E-state index in [0.717, 1.165) is 16.6 Å². The highest BCUT2D eigenvalue weighted by Crippen LogP contribution is 2.27. The average molecular weight is 314 g/mol. The topological polar surface area (TPSA) is 53.6 Å². The number of aromatic nitrogens is 3. The molecule has 0 aliphatic rings. The fourth-order valence-electron chi connectivity index (χ4n) is 3.09. The van der Waals surface area contributed by atoms with Gasteiger partial charge in [0.05, 0.1) is 23.4 Å². The van der Waals surface area contributed by atoms with E-state index in [1.807, 2.05) is 19.3 Å². The van der Waals surface area contributed by atoms with Crippen LogP contribution in [0.25, 0.3) is 22.2 Å². The highest BCUT2D eigenvalue weighted by Gasteiger charge is 2.14. The van der Waals surface area contributed by atoms with Crippen LogP contribution in [-0.2, 0) is 0 Å². The monoisotopic (exact) mass is 314 g/mol. The molecule has 0 aliphatic heterocycles. The molecule has 2 aromatic carbocycles. The summed E-state index contributed by atoms with van der Waals surface area (Å²) in [5.41, 5.74) is 6.74. The molecule has 4 rings (SSSR count). The van der Waals surface area contributed by atoms with Gasteiger partial charge in [-0.3, -0.25) is 4.98 Å². The predicted molar refractivity (Wildman–Crippen MR) is 96.7 cm³/mol. The standard InChI is InChI=1S/C20H18N4/c1-21-20(16-7-8-18-19(11-16)24-13-23-18)15-5-2-4-14(10-15)17-6-3-9-22-12-17/h2-13,20-21H,1H3,(H,23,24). The second-order valence-corrected chi connectivity index (χ2v) is 5.77. The molecule has 118 valence electrons. The quantitative estimate of drug-likeness (QED) is 0.600. The second kappa shape index (κ2) is 6.26. The highest BCUT2D eigenvalue weighted by atomic mass is 14.9. The van der Waals surface area contributed by atoms with Crippen LogP contribution in [0, 0.1) is 0 Å². The van der Waals surface area contributed by atoms with Crippen molar-refractivity contribution in [2.45, 2.75) is 6.04 Å². The van der Waals surface area contributed by atoms with Gasteiger partial charge in [0.2, 0.25) is 0 Å². The molecule has 24 heavy (non-hydrogen) atoms. The van der Waals surface area contributed by atoms with E-state index in [1.165, 1.54) is 16.7 Å². The first-order valence-electron chi connectivity index (χ1n) is 7.96. The molecule has 1 atom stereocenters. The summed E-state index contributed by atoms with van der Waals surface area (Å²) < 4.78 is 0. The van der Waals surface area contributed by atoms with Crippen molar-refractivity contribution in [3.05, 3.63) is 84.4 Å². The Kier molecular flexibility index (Phi) is 3.81. The molecule has 0 radical (unpaired) electrons. The minimum atomic E-state index is 0.114. The van der Waals surface area contributed by atoms with Gasteiger partial charge in [0.15, 0.2) is 0 Å². The average Bonchev–Trinajstić information content (AvgIpc) is 3.11. The van der Waals surface area contributed by atoms with Crippen LogP contribution in [-0.4, -0.2) is 22.0 Å². The summed E-state index contributed by atoms with van der Waals surface area (Å²) >= 11 is 0. The minimum absolute atomic E-state index is 0.114. The zero-order valence-corrected chi connectivity index (χ0v) is 13.4. The van der Waals surface area contributed by atoms with Crippen LogP contribution in [0.4, 0.5) is 0 Å². The van der Waals surface area contributed by atoms with Gasteiger partial charge in [-0.15, -0.1) is 0 Å². The zero-order chi connectivity index (χ0) is 16.4. The maximum atomic E-state index is 4.36. The second-order valence-electron chi connectivity index (χ2n) is 5.77. The molecule has 4 heteroatoms. The molecule has 2 heterocycles. The Labute approximate surface area is 140 Å². The molecular weight excluding hydrogens is 296 g/mol. The van der Waals surface area contributed by atoms with Gasteiger partial charge in [0.25, 0.3) is 0 Å². The lowest BCUT2D eigenvalue weighted by Gasteiger charge is -2.18. The molecule has 0 saturated heterocycles. The molecular formula is C20H18N4. The van der Waals surface area contributed by atoms with E-state index >= 15 is 0 Å². The predicted octanol–water partition coefficient (Wildman–Crippen LogP) is 3.93. The van der Waals surface area contributed by atoms with E-state index in [9.17, 15) is 0 Å². The maximum absolute atomic E-state index is 4.36. The van der Waals surface area contributed by atoms with Gasteiger partial charge >= 0.3 is 0 Å². The molecule has 0 aliphatic carbocycles. The lowest BCUT2D eigenvalue weighted by atomic mass is 9.95. The van der Waals surface area contributed by atoms with Crippen molar-refractivity contribution in [1.29, 1.82) is 0 Å². The van der Waals surface area contributed by atoms with E-state index in [1.54, 1.807) is 12.5 Å². The summed E-state index contributed by atoms with van der Waals surface area (Å²) in [4.78, 5) is 11.7. The molecule has 0 bridgehead atoms. The van der Waals surface area contributed by atoms with Crippen molar-refractivity contribution >= 4 is 11.0 Å². The molecule has 0 saturated carbocycles. The van der Waals surface area contributed by atoms with Gasteiger partial charge in [0.1, 0.15) is 0 Å². The fourth-order valence-corrected chi connectivity index (χ4v) is 3.09. The number of imidazole rings is 1. The van der Waals surface area contributed by atoms with Gasteiger partial charge in [-0.2, -0.15) is 0 Å². The van der Waals surface area contributed by atoms with Crippen molar-refractivity contribution in [3.63, 3.8) is 0 Å². The molecule has 0 spiro atoms. The number of nitrogens with zero attached hydrogens (tertiary/aromatic N) is 2. The van der Waals surface area contributed by atoms with E-state index < -0.39 is 0 Å². The Hall–Kier alpha value is -2.98. The van der Waals surface area contributed by atoms with Gasteiger partial charge in [-0.25, -0.2) is 4.98 Å². The van der Waals surface area contributed by atoms with Crippen LogP contribution in [0.5, 0.6) is 0 Å². The number of nitrogens with one attached hydrogen (secondary N) is 2. The number of rotatable bonds is 4. The number of benzene rings is 2. The Balaban J connectivity index is 1.75. The Morgan fingerprint density at radius 3 is 2.67 bits per heavy atom. The van der Waals surface area contributed by atoms with Gasteiger partial charge in [-0.05, 0) is 53.6 Å². The molecule has 0 amide bonds. The highest BCUT2D eigenvalue weighted by molar-refractivity contribution is 5.75. The summed E-state index contributed by atoms with van der Waals surface area (Å²) in [6, 6.07) is 19.1. The maximum Gasteiger partial charge on any atom is 0.0931 e. The third-order valence-electron chi connectivity index (χ3n) is 4.28. The van der Waals surface area contributed by atoms with Crippen molar-refractivity contribution in [3.8, 4) is 11.1 Å². The summed E-state index contributed by atoms with van der Waals surface area (Å²) in [5, 5.41) is 3.42. The Morgan fingerprint density at radius 1 is 0.958 bits per heavy atom. The Bertz CT molecular complexity index is 959. The fraction of sp³-hybridized carbons (Fsp3) is 0.100. The Morgan fingerprint density at radius 2 is 1.83 bits per heavy atom. The van der Waals surface area contributed by atoms with E-state index in [0.29, 0.717) is 0 Å². The van der Waals surface area contributed by atoms with Crippen molar-refractivity contribution in [1.82, 2.24) is 20.3 Å². The van der Waals surface area contributed by atoms with Crippen LogP contribution in [0.1, 0.15) is 17.2 Å². The molecule has 4 nitrogen and oxygen atoms in total. The third-order valence-corrected chi connectivity index (χ3v) is 4.28. The first-order valence-corrected chi connectivity index (χ1v) is 7.96. The lowest BCUT2D eigenvalue weighted by Crippen LogP contribution is -2.17. The number of H-pyrrole nitrogens is 1. The molecule has 2 N–H and O–H groups in total. The normalized spacial score (nSPS) is 12.4. The number of pyridine rings is 1. The van der Waals surface area contributed by atoms with Crippen molar-refractivity contribution < 1.29 is 0 Å². The smallest absolute Gasteiger partial charge is 0.0931 e. The zero-order valence-electron chi connectivity index (χ0n) is 13.4. The number of aromatic amines is 1. The third kappa shape index (κ3) is 2.68. The molecule has 2 aromatic heterocycles. The van der Waals surface area contributed by atoms with E-state index in [-0.39, 0.29) is 6.04 Å². The van der Waals surface area contributed by atoms with E-state index in [4.69, 9.17) is 0 Å². The lowest BCUT2D eigenvalue weighted by molar-refractivity contribution is 0.693. The van der Waals surface area contributed by atoms with Crippen LogP contribution < -0.4 is 5.32 Å². The number of hydrogen-bond donors (Lipinski definition) is 2. The summed E-state index contributed by atoms with van der Waals surface area (Å²) in [6.45, 7) is 0. The van der Waals surface area contributed by atoms with E-state index in [2.05, 4.69) is 68.8 Å². The van der Waals surface area contributed by atoms with Gasteiger partial charge in [0, 0.05) is 12.4 Å². The minimum Gasteiger partial charge on any atom is -0.345 e. The summed E-state index contributed by atoms with van der Waals surface area (Å²) in [5.74, 6) is 0. The van der Waals surface area contributed by atoms with Crippen molar-refractivity contribution in [2.24, 2.45) is 0 Å². The van der Waals surface area contributed by atoms with Gasteiger partial charge < -0.3 is 10.3 Å². The van der Waals surface area contributed by atoms with Crippen LogP contribution in [0.15, 0.2) is 73.3 Å².